The van der Waals surface area contributed by atoms with Crippen LogP contribution in [-0.2, 0) is 27.1 Å². The molecule has 0 unspecified atom stereocenters. The molecule has 1 aromatic carbocycles. The summed E-state index contributed by atoms with van der Waals surface area (Å²) in [6, 6.07) is 6.80. The van der Waals surface area contributed by atoms with Crippen molar-refractivity contribution in [2.24, 2.45) is 0 Å². The van der Waals surface area contributed by atoms with E-state index in [0.717, 1.165) is 6.20 Å². The van der Waals surface area contributed by atoms with Crippen molar-refractivity contribution >= 4 is 11.5 Å². The van der Waals surface area contributed by atoms with E-state index in [1.54, 1.807) is 24.3 Å². The molecule has 0 bridgehead atoms. The molecule has 138 valence electrons. The van der Waals surface area contributed by atoms with Crippen LogP contribution in [0.1, 0.15) is 16.8 Å². The van der Waals surface area contributed by atoms with E-state index in [2.05, 4.69) is 9.97 Å². The van der Waals surface area contributed by atoms with E-state index in [0.29, 0.717) is 17.3 Å². The van der Waals surface area contributed by atoms with Gasteiger partial charge >= 0.3 is 12.1 Å². The van der Waals surface area contributed by atoms with Crippen molar-refractivity contribution in [3.63, 3.8) is 0 Å². The van der Waals surface area contributed by atoms with Gasteiger partial charge < -0.3 is 14.2 Å². The van der Waals surface area contributed by atoms with Gasteiger partial charge in [-0.05, 0) is 11.1 Å². The zero-order valence-electron chi connectivity index (χ0n) is 13.9. The van der Waals surface area contributed by atoms with Crippen molar-refractivity contribution in [2.75, 3.05) is 14.2 Å². The minimum atomic E-state index is -4.57. The highest BCUT2D eigenvalue weighted by Gasteiger charge is 2.32. The smallest absolute Gasteiger partial charge is 0.434 e. The van der Waals surface area contributed by atoms with Crippen LogP contribution < -0.4 is 4.74 Å². The first kappa shape index (κ1) is 19.2. The van der Waals surface area contributed by atoms with E-state index < -0.39 is 17.8 Å². The zero-order chi connectivity index (χ0) is 19.2. The van der Waals surface area contributed by atoms with Crippen molar-refractivity contribution in [2.45, 2.75) is 12.8 Å². The lowest BCUT2D eigenvalue weighted by atomic mass is 10.0. The maximum absolute atomic E-state index is 12.5. The Bertz CT molecular complexity index is 789. The molecule has 0 aliphatic rings. The molecule has 0 N–H and O–H groups in total. The lowest BCUT2D eigenvalue weighted by molar-refractivity contribution is -0.141. The van der Waals surface area contributed by atoms with Gasteiger partial charge in [-0.25, -0.2) is 14.8 Å². The number of ether oxygens (including phenoxy) is 3. The van der Waals surface area contributed by atoms with Crippen LogP contribution >= 0.6 is 0 Å². The molecular formula is C17H15F3N2O4. The Hall–Kier alpha value is -3.10. The molecule has 0 saturated heterocycles. The van der Waals surface area contributed by atoms with Crippen LogP contribution in [0, 0.1) is 0 Å². The summed E-state index contributed by atoms with van der Waals surface area (Å²) < 4.78 is 52.5. The van der Waals surface area contributed by atoms with E-state index in [9.17, 15) is 18.0 Å². The predicted octanol–water partition coefficient (Wildman–Crippen LogP) is 3.23. The molecule has 0 spiro atoms. The first-order chi connectivity index (χ1) is 12.4. The minimum absolute atomic E-state index is 0.0474. The third-order valence-electron chi connectivity index (χ3n) is 3.24. The van der Waals surface area contributed by atoms with Crippen LogP contribution in [-0.4, -0.2) is 30.2 Å². The molecule has 0 fully saturated rings. The van der Waals surface area contributed by atoms with Gasteiger partial charge in [0.2, 0.25) is 5.88 Å². The Morgan fingerprint density at radius 3 is 2.46 bits per heavy atom. The second-order valence-corrected chi connectivity index (χ2v) is 4.94. The number of esters is 1. The topological polar surface area (TPSA) is 70.5 Å². The number of halogens is 3. The summed E-state index contributed by atoms with van der Waals surface area (Å²) in [6.07, 6.45) is -1.86. The van der Waals surface area contributed by atoms with Crippen LogP contribution in [0.2, 0.25) is 0 Å². The zero-order valence-corrected chi connectivity index (χ0v) is 13.9. The molecule has 0 amide bonds. The van der Waals surface area contributed by atoms with Gasteiger partial charge in [-0.1, -0.05) is 24.3 Å². The quantitative estimate of drug-likeness (QED) is 0.443. The van der Waals surface area contributed by atoms with Crippen molar-refractivity contribution in [3.05, 3.63) is 59.7 Å². The molecule has 0 atom stereocenters. The maximum Gasteiger partial charge on any atom is 0.434 e. The largest absolute Gasteiger partial charge is 0.503 e. The summed E-state index contributed by atoms with van der Waals surface area (Å²) >= 11 is 0. The van der Waals surface area contributed by atoms with Crippen molar-refractivity contribution in [1.82, 2.24) is 9.97 Å². The number of carbonyl (C=O) groups excluding carboxylic acids is 1. The van der Waals surface area contributed by atoms with Crippen LogP contribution in [0.4, 0.5) is 13.2 Å². The molecule has 6 nitrogen and oxygen atoms in total. The Morgan fingerprint density at radius 1 is 1.15 bits per heavy atom. The highest BCUT2D eigenvalue weighted by atomic mass is 19.4. The average Bonchev–Trinajstić information content (AvgIpc) is 2.64. The number of alkyl halides is 3. The summed E-state index contributed by atoms with van der Waals surface area (Å²) in [4.78, 5) is 18.8. The van der Waals surface area contributed by atoms with Crippen LogP contribution in [0.5, 0.6) is 5.88 Å². The fraction of sp³-hybridized carbons (Fsp3) is 0.235. The highest BCUT2D eigenvalue weighted by Crippen LogP contribution is 2.27. The molecule has 0 aliphatic heterocycles. The number of benzene rings is 1. The second-order valence-electron chi connectivity index (χ2n) is 4.94. The first-order valence-corrected chi connectivity index (χ1v) is 7.28. The van der Waals surface area contributed by atoms with E-state index >= 15 is 0 Å². The minimum Gasteiger partial charge on any atom is -0.503 e. The van der Waals surface area contributed by atoms with E-state index in [4.69, 9.17) is 14.2 Å². The van der Waals surface area contributed by atoms with Gasteiger partial charge in [-0.3, -0.25) is 0 Å². The van der Waals surface area contributed by atoms with E-state index in [1.807, 2.05) is 0 Å². The lowest BCUT2D eigenvalue weighted by Crippen LogP contribution is -2.10. The Balaban J connectivity index is 2.20. The van der Waals surface area contributed by atoms with Crippen LogP contribution in [0.3, 0.4) is 0 Å². The fourth-order valence-electron chi connectivity index (χ4n) is 2.05. The molecule has 2 aromatic rings. The maximum atomic E-state index is 12.5. The Kier molecular flexibility index (Phi) is 6.16. The third-order valence-corrected chi connectivity index (χ3v) is 3.24. The predicted molar refractivity (Wildman–Crippen MR) is 84.8 cm³/mol. The molecule has 2 rings (SSSR count). The number of hydrogen-bond donors (Lipinski definition) is 0. The van der Waals surface area contributed by atoms with E-state index in [-0.39, 0.29) is 18.1 Å². The highest BCUT2D eigenvalue weighted by molar-refractivity contribution is 6.16. The third kappa shape index (κ3) is 4.71. The standard InChI is InChI=1S/C17H15F3N2O4/c1-24-10-13(16(23)25-2)12-6-4-3-5-11(12)9-26-15-8-21-14(7-22-15)17(18,19)20/h3-8,10H,9H2,1-2H3. The summed E-state index contributed by atoms with van der Waals surface area (Å²) in [5, 5.41) is 0. The van der Waals surface area contributed by atoms with Gasteiger partial charge in [0, 0.05) is 0 Å². The monoisotopic (exact) mass is 368 g/mol. The van der Waals surface area contributed by atoms with Crippen LogP contribution in [0.25, 0.3) is 5.57 Å². The van der Waals surface area contributed by atoms with Gasteiger partial charge in [-0.15, -0.1) is 0 Å². The van der Waals surface area contributed by atoms with Gasteiger partial charge in [-0.2, -0.15) is 13.2 Å². The molecule has 0 saturated carbocycles. The number of methoxy groups -OCH3 is 2. The number of aromatic nitrogens is 2. The number of nitrogens with zero attached hydrogens (tertiary/aromatic N) is 2. The lowest BCUT2D eigenvalue weighted by Gasteiger charge is -2.12. The van der Waals surface area contributed by atoms with Crippen molar-refractivity contribution < 1.29 is 32.2 Å². The first-order valence-electron chi connectivity index (χ1n) is 7.28. The van der Waals surface area contributed by atoms with Crippen molar-refractivity contribution in [3.8, 4) is 5.88 Å². The van der Waals surface area contributed by atoms with Gasteiger partial charge in [0.25, 0.3) is 0 Å². The second kappa shape index (κ2) is 8.32. The Morgan fingerprint density at radius 2 is 1.88 bits per heavy atom. The van der Waals surface area contributed by atoms with Gasteiger partial charge in [0.1, 0.15) is 12.2 Å². The van der Waals surface area contributed by atoms with Crippen molar-refractivity contribution in [1.29, 1.82) is 0 Å². The summed E-state index contributed by atoms with van der Waals surface area (Å²) in [6.45, 7) is -0.0474. The molecule has 0 aliphatic carbocycles. The molecule has 0 radical (unpaired) electrons. The normalized spacial score (nSPS) is 11.8. The molecule has 9 heteroatoms. The fourth-order valence-corrected chi connectivity index (χ4v) is 2.05. The number of carbonyl (C=O) groups is 1. The Labute approximate surface area is 147 Å². The summed E-state index contributed by atoms with van der Waals surface area (Å²) in [5.41, 5.74) is 0.151. The number of rotatable bonds is 6. The number of hydrogen-bond acceptors (Lipinski definition) is 6. The molecular weight excluding hydrogens is 353 g/mol. The van der Waals surface area contributed by atoms with Gasteiger partial charge in [0.15, 0.2) is 5.69 Å². The SMILES string of the molecule is COC=C(C(=O)OC)c1ccccc1COc1cnc(C(F)(F)F)cn1. The molecule has 1 heterocycles. The van der Waals surface area contributed by atoms with E-state index in [1.165, 1.54) is 20.5 Å². The summed E-state index contributed by atoms with van der Waals surface area (Å²) in [7, 11) is 2.63. The summed E-state index contributed by atoms with van der Waals surface area (Å²) in [5.74, 6) is -0.684. The molecule has 1 aromatic heterocycles. The van der Waals surface area contributed by atoms with Crippen LogP contribution in [0.15, 0.2) is 42.9 Å². The van der Waals surface area contributed by atoms with Gasteiger partial charge in [0.05, 0.1) is 32.9 Å². The molecule has 26 heavy (non-hydrogen) atoms. The average molecular weight is 368 g/mol.